The van der Waals surface area contributed by atoms with Crippen LogP contribution >= 0.6 is 0 Å². The number of aryl methyl sites for hydroxylation is 1. The number of anilines is 1. The first-order valence-corrected chi connectivity index (χ1v) is 8.08. The molecule has 0 radical (unpaired) electrons. The Hall–Kier alpha value is -2.69. The summed E-state index contributed by atoms with van der Waals surface area (Å²) in [6.07, 6.45) is 3.09. The molecule has 1 atom stereocenters. The average molecular weight is 326 g/mol. The molecule has 0 spiro atoms. The van der Waals surface area contributed by atoms with Crippen LogP contribution in [0.5, 0.6) is 11.5 Å². The summed E-state index contributed by atoms with van der Waals surface area (Å²) in [4.78, 5) is 12.4. The molecule has 0 aliphatic heterocycles. The van der Waals surface area contributed by atoms with Gasteiger partial charge in [-0.25, -0.2) is 4.79 Å². The molecule has 0 fully saturated rings. The highest BCUT2D eigenvalue weighted by molar-refractivity contribution is 5.91. The van der Waals surface area contributed by atoms with Crippen molar-refractivity contribution in [1.82, 2.24) is 5.32 Å². The number of ether oxygens (including phenoxy) is 2. The van der Waals surface area contributed by atoms with Gasteiger partial charge in [0.25, 0.3) is 0 Å². The van der Waals surface area contributed by atoms with Gasteiger partial charge in [0.05, 0.1) is 25.9 Å². The van der Waals surface area contributed by atoms with Gasteiger partial charge in [0.15, 0.2) is 0 Å². The van der Waals surface area contributed by atoms with E-state index in [9.17, 15) is 4.79 Å². The molecule has 1 aliphatic rings. The van der Waals surface area contributed by atoms with Crippen molar-refractivity contribution in [1.29, 1.82) is 0 Å². The summed E-state index contributed by atoms with van der Waals surface area (Å²) in [5.41, 5.74) is 3.10. The highest BCUT2D eigenvalue weighted by Crippen LogP contribution is 2.31. The molecule has 2 N–H and O–H groups in total. The van der Waals surface area contributed by atoms with Crippen molar-refractivity contribution in [2.75, 3.05) is 19.5 Å². The summed E-state index contributed by atoms with van der Waals surface area (Å²) in [6.45, 7) is 0. The second-order valence-electron chi connectivity index (χ2n) is 5.81. The zero-order chi connectivity index (χ0) is 16.9. The van der Waals surface area contributed by atoms with Gasteiger partial charge in [0.1, 0.15) is 11.5 Å². The first-order chi connectivity index (χ1) is 11.7. The zero-order valence-corrected chi connectivity index (χ0v) is 14.0. The SMILES string of the molecule is COc1ccc(OC)c(NC(=O)N[C@H]2CCCc3ccccc32)c1. The Kier molecular flexibility index (Phi) is 4.89. The maximum atomic E-state index is 12.4. The van der Waals surface area contributed by atoms with Crippen LogP contribution < -0.4 is 20.1 Å². The fourth-order valence-electron chi connectivity index (χ4n) is 3.13. The van der Waals surface area contributed by atoms with Crippen LogP contribution in [-0.4, -0.2) is 20.3 Å². The molecular formula is C19H22N2O3. The molecule has 0 bridgehead atoms. The van der Waals surface area contributed by atoms with Gasteiger partial charge in [-0.05, 0) is 42.5 Å². The number of carbonyl (C=O) groups is 1. The molecule has 2 amide bonds. The zero-order valence-electron chi connectivity index (χ0n) is 14.0. The number of carbonyl (C=O) groups excluding carboxylic acids is 1. The highest BCUT2D eigenvalue weighted by atomic mass is 16.5. The van der Waals surface area contributed by atoms with E-state index < -0.39 is 0 Å². The summed E-state index contributed by atoms with van der Waals surface area (Å²) in [5.74, 6) is 1.25. The smallest absolute Gasteiger partial charge is 0.319 e. The van der Waals surface area contributed by atoms with Crippen LogP contribution in [0.25, 0.3) is 0 Å². The number of hydrogen-bond donors (Lipinski definition) is 2. The third-order valence-corrected chi connectivity index (χ3v) is 4.33. The number of fused-ring (bicyclic) bond motifs is 1. The van der Waals surface area contributed by atoms with Crippen LogP contribution in [0.4, 0.5) is 10.5 Å². The number of hydrogen-bond acceptors (Lipinski definition) is 3. The molecule has 5 heteroatoms. The maximum Gasteiger partial charge on any atom is 0.319 e. The van der Waals surface area contributed by atoms with Crippen LogP contribution in [0, 0.1) is 0 Å². The Morgan fingerprint density at radius 1 is 1.12 bits per heavy atom. The van der Waals surface area contributed by atoms with Crippen molar-refractivity contribution in [3.05, 3.63) is 53.6 Å². The number of nitrogens with one attached hydrogen (secondary N) is 2. The Bertz CT molecular complexity index is 730. The Balaban J connectivity index is 1.73. The van der Waals surface area contributed by atoms with E-state index in [2.05, 4.69) is 22.8 Å². The first-order valence-electron chi connectivity index (χ1n) is 8.08. The van der Waals surface area contributed by atoms with E-state index in [-0.39, 0.29) is 12.1 Å². The maximum absolute atomic E-state index is 12.4. The Labute approximate surface area is 142 Å². The summed E-state index contributed by atoms with van der Waals surface area (Å²) in [7, 11) is 3.16. The van der Waals surface area contributed by atoms with Gasteiger partial charge in [0.2, 0.25) is 0 Å². The quantitative estimate of drug-likeness (QED) is 0.896. The van der Waals surface area contributed by atoms with Crippen molar-refractivity contribution >= 4 is 11.7 Å². The summed E-state index contributed by atoms with van der Waals surface area (Å²) >= 11 is 0. The highest BCUT2D eigenvalue weighted by Gasteiger charge is 2.21. The molecule has 24 heavy (non-hydrogen) atoms. The normalized spacial score (nSPS) is 16.0. The average Bonchev–Trinajstić information content (AvgIpc) is 2.62. The van der Waals surface area contributed by atoms with Gasteiger partial charge < -0.3 is 20.1 Å². The van der Waals surface area contributed by atoms with Crippen LogP contribution in [-0.2, 0) is 6.42 Å². The fourth-order valence-corrected chi connectivity index (χ4v) is 3.13. The molecule has 0 saturated carbocycles. The predicted molar refractivity (Wildman–Crippen MR) is 93.8 cm³/mol. The molecule has 0 aromatic heterocycles. The number of amides is 2. The van der Waals surface area contributed by atoms with Gasteiger partial charge in [-0.2, -0.15) is 0 Å². The summed E-state index contributed by atoms with van der Waals surface area (Å²) < 4.78 is 10.5. The van der Waals surface area contributed by atoms with E-state index in [0.29, 0.717) is 17.2 Å². The van der Waals surface area contributed by atoms with Gasteiger partial charge in [-0.3, -0.25) is 0 Å². The molecule has 3 rings (SSSR count). The Morgan fingerprint density at radius 2 is 1.96 bits per heavy atom. The van der Waals surface area contributed by atoms with Crippen molar-refractivity contribution in [2.24, 2.45) is 0 Å². The first kappa shape index (κ1) is 16.2. The van der Waals surface area contributed by atoms with Gasteiger partial charge in [-0.1, -0.05) is 24.3 Å². The lowest BCUT2D eigenvalue weighted by atomic mass is 9.88. The van der Waals surface area contributed by atoms with Gasteiger partial charge in [-0.15, -0.1) is 0 Å². The van der Waals surface area contributed by atoms with E-state index in [1.807, 2.05) is 12.1 Å². The monoisotopic (exact) mass is 326 g/mol. The van der Waals surface area contributed by atoms with Gasteiger partial charge in [0, 0.05) is 6.07 Å². The summed E-state index contributed by atoms with van der Waals surface area (Å²) in [5, 5.41) is 5.93. The van der Waals surface area contributed by atoms with Crippen molar-refractivity contribution < 1.29 is 14.3 Å². The third kappa shape index (κ3) is 3.45. The molecule has 1 aliphatic carbocycles. The van der Waals surface area contributed by atoms with E-state index in [1.54, 1.807) is 32.4 Å². The third-order valence-electron chi connectivity index (χ3n) is 4.33. The molecule has 2 aromatic rings. The van der Waals surface area contributed by atoms with Crippen LogP contribution in [0.2, 0.25) is 0 Å². The van der Waals surface area contributed by atoms with E-state index in [0.717, 1.165) is 19.3 Å². The minimum Gasteiger partial charge on any atom is -0.497 e. The largest absolute Gasteiger partial charge is 0.497 e. The minimum absolute atomic E-state index is 0.0338. The number of benzene rings is 2. The fraction of sp³-hybridized carbons (Fsp3) is 0.316. The molecule has 5 nitrogen and oxygen atoms in total. The van der Waals surface area contributed by atoms with E-state index in [4.69, 9.17) is 9.47 Å². The lowest BCUT2D eigenvalue weighted by molar-refractivity contribution is 0.247. The standard InChI is InChI=1S/C19H22N2O3/c1-23-14-10-11-18(24-2)17(12-14)21-19(22)20-16-9-5-7-13-6-3-4-8-15(13)16/h3-4,6,8,10-12,16H,5,7,9H2,1-2H3,(H2,20,21,22)/t16-/m0/s1. The van der Waals surface area contributed by atoms with Crippen LogP contribution in [0.3, 0.4) is 0 Å². The molecule has 2 aromatic carbocycles. The molecule has 0 saturated heterocycles. The second-order valence-corrected chi connectivity index (χ2v) is 5.81. The van der Waals surface area contributed by atoms with E-state index >= 15 is 0 Å². The minimum atomic E-state index is -0.247. The van der Waals surface area contributed by atoms with E-state index in [1.165, 1.54) is 11.1 Å². The predicted octanol–water partition coefficient (Wildman–Crippen LogP) is 3.90. The molecule has 0 heterocycles. The van der Waals surface area contributed by atoms with Gasteiger partial charge >= 0.3 is 6.03 Å². The second kappa shape index (κ2) is 7.25. The van der Waals surface area contributed by atoms with Crippen molar-refractivity contribution in [2.45, 2.75) is 25.3 Å². The molecule has 126 valence electrons. The lowest BCUT2D eigenvalue weighted by Gasteiger charge is -2.26. The van der Waals surface area contributed by atoms with Crippen LogP contribution in [0.15, 0.2) is 42.5 Å². The Morgan fingerprint density at radius 3 is 2.75 bits per heavy atom. The van der Waals surface area contributed by atoms with Crippen LogP contribution in [0.1, 0.15) is 30.0 Å². The number of methoxy groups -OCH3 is 2. The molecule has 0 unspecified atom stereocenters. The van der Waals surface area contributed by atoms with Crippen molar-refractivity contribution in [3.8, 4) is 11.5 Å². The van der Waals surface area contributed by atoms with Crippen molar-refractivity contribution in [3.63, 3.8) is 0 Å². The topological polar surface area (TPSA) is 59.6 Å². The number of urea groups is 1. The molecular weight excluding hydrogens is 304 g/mol. The number of rotatable bonds is 4. The lowest BCUT2D eigenvalue weighted by Crippen LogP contribution is -2.34. The summed E-state index contributed by atoms with van der Waals surface area (Å²) in [6, 6.07) is 13.4.